The lowest BCUT2D eigenvalue weighted by atomic mass is 10.0. The van der Waals surface area contributed by atoms with Crippen molar-refractivity contribution in [3.63, 3.8) is 0 Å². The summed E-state index contributed by atoms with van der Waals surface area (Å²) in [5, 5.41) is 18.3. The highest BCUT2D eigenvalue weighted by molar-refractivity contribution is 7.47. The van der Waals surface area contributed by atoms with Gasteiger partial charge < -0.3 is 24.6 Å². The van der Waals surface area contributed by atoms with Crippen LogP contribution in [-0.2, 0) is 32.7 Å². The molecule has 1 unspecified atom stereocenters. The van der Waals surface area contributed by atoms with E-state index in [0.29, 0.717) is 12.8 Å². The lowest BCUT2D eigenvalue weighted by Gasteiger charge is -2.20. The molecular weight excluding hydrogens is 719 g/mol. The molecule has 322 valence electrons. The van der Waals surface area contributed by atoms with Crippen LogP contribution in [0.2, 0.25) is 0 Å². The highest BCUT2D eigenvalue weighted by Gasteiger charge is 2.27. The van der Waals surface area contributed by atoms with Crippen LogP contribution >= 0.6 is 7.82 Å². The van der Waals surface area contributed by atoms with Crippen molar-refractivity contribution in [3.8, 4) is 0 Å². The van der Waals surface area contributed by atoms with Gasteiger partial charge in [-0.2, -0.15) is 0 Å². The molecule has 0 aromatic rings. The Labute approximate surface area is 335 Å². The summed E-state index contributed by atoms with van der Waals surface area (Å²) < 4.78 is 32.7. The monoisotopic (exact) mass is 801 g/mol. The van der Waals surface area contributed by atoms with Crippen LogP contribution in [0.1, 0.15) is 193 Å². The summed E-state index contributed by atoms with van der Waals surface area (Å²) in [4.78, 5) is 35.0. The molecule has 0 aromatic carbocycles. The summed E-state index contributed by atoms with van der Waals surface area (Å²) in [6, 6.07) is 0. The maximum atomic E-state index is 12.6. The lowest BCUT2D eigenvalue weighted by molar-refractivity contribution is -0.161. The fourth-order valence-corrected chi connectivity index (χ4v) is 6.79. The van der Waals surface area contributed by atoms with Crippen molar-refractivity contribution >= 4 is 19.8 Å². The Bertz CT molecular complexity index is 1000. The zero-order valence-corrected chi connectivity index (χ0v) is 35.6. The third-order valence-corrected chi connectivity index (χ3v) is 10.4. The molecule has 11 heteroatoms. The summed E-state index contributed by atoms with van der Waals surface area (Å²) in [5.74, 6) is -0.933. The zero-order chi connectivity index (χ0) is 40.5. The van der Waals surface area contributed by atoms with Crippen LogP contribution in [0.15, 0.2) is 37.0 Å². The van der Waals surface area contributed by atoms with Crippen molar-refractivity contribution in [1.82, 2.24) is 0 Å². The number of carbonyl (C=O) groups is 2. The third kappa shape index (κ3) is 40.2. The standard InChI is InChI=1S/C44H81O10P/c1-3-5-7-9-11-13-15-17-19-20-22-24-26-28-30-32-34-36-44(48)54-42(40-53-55(49,50)52-38-41(46)37-45)39-51-43(47)35-33-31-29-27-25-23-21-18-16-14-12-10-8-6-4-2/h4,11,13,17,19,41-42,45-46H,2-3,5-10,12,14-16,18,20-40H2,1H3,(H,49,50)/b13-11+,19-17+/t41-,42+/m0/s1. The van der Waals surface area contributed by atoms with Gasteiger partial charge in [-0.05, 0) is 57.8 Å². The van der Waals surface area contributed by atoms with Crippen molar-refractivity contribution in [3.05, 3.63) is 37.0 Å². The number of phosphoric acid groups is 1. The second-order valence-electron chi connectivity index (χ2n) is 14.8. The Kier molecular flexibility index (Phi) is 39.1. The number of hydrogen-bond acceptors (Lipinski definition) is 9. The van der Waals surface area contributed by atoms with Gasteiger partial charge in [-0.25, -0.2) is 4.57 Å². The van der Waals surface area contributed by atoms with Crippen molar-refractivity contribution in [1.29, 1.82) is 0 Å². The van der Waals surface area contributed by atoms with E-state index in [-0.39, 0.29) is 19.4 Å². The average Bonchev–Trinajstić information content (AvgIpc) is 3.17. The van der Waals surface area contributed by atoms with E-state index in [2.05, 4.69) is 42.3 Å². The Hall–Kier alpha value is -1.81. The molecule has 0 radical (unpaired) electrons. The second kappa shape index (κ2) is 40.4. The van der Waals surface area contributed by atoms with E-state index < -0.39 is 51.8 Å². The van der Waals surface area contributed by atoms with Gasteiger partial charge in [0.2, 0.25) is 0 Å². The van der Waals surface area contributed by atoms with Gasteiger partial charge in [0.25, 0.3) is 0 Å². The second-order valence-corrected chi connectivity index (χ2v) is 16.3. The summed E-state index contributed by atoms with van der Waals surface area (Å²) in [7, 11) is -4.62. The summed E-state index contributed by atoms with van der Waals surface area (Å²) in [6.45, 7) is 3.87. The molecular formula is C44H81O10P. The van der Waals surface area contributed by atoms with Gasteiger partial charge in [-0.1, -0.05) is 153 Å². The molecule has 0 amide bonds. The number of hydrogen-bond donors (Lipinski definition) is 3. The Balaban J connectivity index is 4.28. The van der Waals surface area contributed by atoms with E-state index >= 15 is 0 Å². The molecule has 0 saturated carbocycles. The predicted octanol–water partition coefficient (Wildman–Crippen LogP) is 11.6. The summed E-state index contributed by atoms with van der Waals surface area (Å²) in [6.07, 6.45) is 39.9. The van der Waals surface area contributed by atoms with Gasteiger partial charge in [0.1, 0.15) is 12.7 Å². The molecule has 0 aliphatic carbocycles. The molecule has 0 bridgehead atoms. The fraction of sp³-hybridized carbons (Fsp3) is 0.818. The first-order valence-electron chi connectivity index (χ1n) is 21.9. The van der Waals surface area contributed by atoms with Gasteiger partial charge in [-0.15, -0.1) is 6.58 Å². The van der Waals surface area contributed by atoms with Gasteiger partial charge in [0, 0.05) is 12.8 Å². The minimum Gasteiger partial charge on any atom is -0.462 e. The molecule has 0 aromatic heterocycles. The van der Waals surface area contributed by atoms with Crippen LogP contribution in [-0.4, -0.2) is 65.7 Å². The molecule has 0 aliphatic rings. The Morgan fingerprint density at radius 1 is 0.600 bits per heavy atom. The molecule has 0 saturated heterocycles. The highest BCUT2D eigenvalue weighted by Crippen LogP contribution is 2.43. The van der Waals surface area contributed by atoms with Crippen molar-refractivity contribution in [2.75, 3.05) is 26.4 Å². The van der Waals surface area contributed by atoms with Crippen LogP contribution in [0.4, 0.5) is 0 Å². The SMILES string of the molecule is C=CCCCCCCCCCCCCCCCC(=O)OC[C@H](COP(=O)(O)OC[C@@H](O)CO)OC(=O)CCCCCCCCC/C=C/C/C=C/CCCCC. The molecule has 10 nitrogen and oxygen atoms in total. The molecule has 0 spiro atoms. The van der Waals surface area contributed by atoms with Gasteiger partial charge in [-0.3, -0.25) is 18.6 Å². The largest absolute Gasteiger partial charge is 0.472 e. The molecule has 3 N–H and O–H groups in total. The number of esters is 2. The first-order valence-corrected chi connectivity index (χ1v) is 23.4. The van der Waals surface area contributed by atoms with Crippen molar-refractivity contribution in [2.24, 2.45) is 0 Å². The predicted molar refractivity (Wildman–Crippen MR) is 224 cm³/mol. The molecule has 55 heavy (non-hydrogen) atoms. The third-order valence-electron chi connectivity index (χ3n) is 9.41. The lowest BCUT2D eigenvalue weighted by Crippen LogP contribution is -2.29. The molecule has 0 rings (SSSR count). The number of phosphoric ester groups is 1. The molecule has 3 atom stereocenters. The number of rotatable bonds is 42. The summed E-state index contributed by atoms with van der Waals surface area (Å²) >= 11 is 0. The minimum absolute atomic E-state index is 0.175. The average molecular weight is 801 g/mol. The van der Waals surface area contributed by atoms with Crippen molar-refractivity contribution in [2.45, 2.75) is 205 Å². The van der Waals surface area contributed by atoms with Gasteiger partial charge in [0.15, 0.2) is 6.10 Å². The zero-order valence-electron chi connectivity index (χ0n) is 34.7. The van der Waals surface area contributed by atoms with E-state index in [9.17, 15) is 24.2 Å². The maximum absolute atomic E-state index is 12.6. The Morgan fingerprint density at radius 3 is 1.53 bits per heavy atom. The van der Waals surface area contributed by atoms with E-state index in [0.717, 1.165) is 64.2 Å². The summed E-state index contributed by atoms with van der Waals surface area (Å²) in [5.41, 5.74) is 0. The normalized spacial score (nSPS) is 14.0. The molecule has 0 aliphatic heterocycles. The smallest absolute Gasteiger partial charge is 0.462 e. The van der Waals surface area contributed by atoms with Crippen LogP contribution in [0.3, 0.4) is 0 Å². The fourth-order valence-electron chi connectivity index (χ4n) is 6.00. The maximum Gasteiger partial charge on any atom is 0.472 e. The van der Waals surface area contributed by atoms with E-state index in [1.165, 1.54) is 96.3 Å². The Morgan fingerprint density at radius 2 is 1.04 bits per heavy atom. The van der Waals surface area contributed by atoms with Crippen LogP contribution in [0.25, 0.3) is 0 Å². The van der Waals surface area contributed by atoms with Gasteiger partial charge in [0.05, 0.1) is 19.8 Å². The number of aliphatic hydroxyl groups is 2. The quantitative estimate of drug-likeness (QED) is 0.0236. The number of aliphatic hydroxyl groups excluding tert-OH is 2. The number of ether oxygens (including phenoxy) is 2. The van der Waals surface area contributed by atoms with Crippen LogP contribution < -0.4 is 0 Å². The minimum atomic E-state index is -4.62. The molecule has 0 fully saturated rings. The van der Waals surface area contributed by atoms with E-state index in [1.807, 2.05) is 6.08 Å². The first-order chi connectivity index (χ1) is 26.7. The highest BCUT2D eigenvalue weighted by atomic mass is 31.2. The number of allylic oxidation sites excluding steroid dienone is 5. The van der Waals surface area contributed by atoms with Gasteiger partial charge >= 0.3 is 19.8 Å². The number of unbranched alkanes of at least 4 members (excludes halogenated alkanes) is 23. The van der Waals surface area contributed by atoms with Crippen LogP contribution in [0.5, 0.6) is 0 Å². The van der Waals surface area contributed by atoms with E-state index in [4.69, 9.17) is 19.1 Å². The molecule has 0 heterocycles. The van der Waals surface area contributed by atoms with Crippen molar-refractivity contribution < 1.29 is 47.8 Å². The van der Waals surface area contributed by atoms with E-state index in [1.54, 1.807) is 0 Å². The van der Waals surface area contributed by atoms with Crippen LogP contribution in [0, 0.1) is 0 Å². The first kappa shape index (κ1) is 53.2. The topological polar surface area (TPSA) is 149 Å². The number of carbonyl (C=O) groups excluding carboxylic acids is 2.